The van der Waals surface area contributed by atoms with Crippen molar-refractivity contribution in [3.05, 3.63) is 82.2 Å². The Bertz CT molecular complexity index is 1450. The Morgan fingerprint density at radius 2 is 1.91 bits per heavy atom. The number of amides is 2. The minimum absolute atomic E-state index is 0.0274. The number of benzene rings is 2. The molecule has 5 rings (SSSR count). The van der Waals surface area contributed by atoms with Crippen molar-refractivity contribution in [2.75, 3.05) is 16.9 Å². The molecule has 0 radical (unpaired) electrons. The van der Waals surface area contributed by atoms with Crippen LogP contribution in [0.2, 0.25) is 5.02 Å². The lowest BCUT2D eigenvalue weighted by Gasteiger charge is -2.17. The molecule has 33 heavy (non-hydrogen) atoms. The van der Waals surface area contributed by atoms with E-state index in [0.29, 0.717) is 22.0 Å². The highest BCUT2D eigenvalue weighted by Gasteiger charge is 2.35. The molecule has 1 saturated heterocycles. The molecule has 11 heteroatoms. The van der Waals surface area contributed by atoms with Crippen LogP contribution < -0.4 is 15.9 Å². The van der Waals surface area contributed by atoms with Crippen molar-refractivity contribution < 1.29 is 14.0 Å². The normalized spacial score (nSPS) is 15.9. The lowest BCUT2D eigenvalue weighted by Crippen LogP contribution is -2.37. The molecule has 0 saturated carbocycles. The van der Waals surface area contributed by atoms with Gasteiger partial charge in [-0.25, -0.2) is 18.7 Å². The van der Waals surface area contributed by atoms with Gasteiger partial charge in [0.1, 0.15) is 17.5 Å². The Morgan fingerprint density at radius 3 is 2.67 bits per heavy atom. The van der Waals surface area contributed by atoms with Gasteiger partial charge in [0.05, 0.1) is 17.8 Å². The first-order valence-corrected chi connectivity index (χ1v) is 10.4. The van der Waals surface area contributed by atoms with Crippen LogP contribution in [-0.4, -0.2) is 37.8 Å². The second-order valence-electron chi connectivity index (χ2n) is 7.55. The molecule has 1 unspecified atom stereocenters. The zero-order valence-electron chi connectivity index (χ0n) is 17.0. The molecule has 9 nitrogen and oxygen atoms in total. The molecule has 1 N–H and O–H groups in total. The van der Waals surface area contributed by atoms with Gasteiger partial charge in [-0.05, 0) is 42.5 Å². The summed E-state index contributed by atoms with van der Waals surface area (Å²) in [4.78, 5) is 43.7. The van der Waals surface area contributed by atoms with Crippen LogP contribution in [0.25, 0.3) is 16.7 Å². The Hall–Kier alpha value is -4.05. The largest absolute Gasteiger partial charge is 0.312 e. The van der Waals surface area contributed by atoms with E-state index < -0.39 is 23.2 Å². The Balaban J connectivity index is 1.37. The van der Waals surface area contributed by atoms with Gasteiger partial charge in [0.15, 0.2) is 5.65 Å². The third-order valence-electron chi connectivity index (χ3n) is 5.41. The molecule has 1 aliphatic heterocycles. The first-order chi connectivity index (χ1) is 15.9. The lowest BCUT2D eigenvalue weighted by molar-refractivity contribution is -0.123. The summed E-state index contributed by atoms with van der Waals surface area (Å²) in [5.74, 6) is -1.86. The van der Waals surface area contributed by atoms with E-state index in [1.54, 1.807) is 24.3 Å². The number of nitrogens with one attached hydrogen (secondary N) is 1. The molecule has 166 valence electrons. The number of hydrogen-bond acceptors (Lipinski definition) is 5. The van der Waals surface area contributed by atoms with Crippen LogP contribution in [0.1, 0.15) is 6.42 Å². The average Bonchev–Trinajstić information content (AvgIpc) is 3.40. The van der Waals surface area contributed by atoms with Gasteiger partial charge in [0.25, 0.3) is 5.56 Å². The lowest BCUT2D eigenvalue weighted by atomic mass is 10.1. The van der Waals surface area contributed by atoms with Crippen LogP contribution in [0.5, 0.6) is 0 Å². The summed E-state index contributed by atoms with van der Waals surface area (Å²) in [5, 5.41) is 4.93. The SMILES string of the molecule is O=C(Nn1cnc2c(cnn2-c2cccc(Cl)c2)c1=O)C1CC(=O)N(c2ccc(F)cc2)C1. The van der Waals surface area contributed by atoms with E-state index in [0.717, 1.165) is 4.68 Å². The fourth-order valence-electron chi connectivity index (χ4n) is 3.75. The number of aromatic nitrogens is 4. The molecule has 2 amide bonds. The standard InChI is InChI=1S/C22H16ClFN6O3/c23-14-2-1-3-17(9-14)30-20-18(10-26-30)22(33)29(12-25-20)27-21(32)13-8-19(31)28(11-13)16-6-4-15(24)5-7-16/h1-7,9-10,12-13H,8,11H2,(H,27,32). The molecule has 1 fully saturated rings. The molecule has 2 aromatic heterocycles. The van der Waals surface area contributed by atoms with E-state index in [9.17, 15) is 18.8 Å². The van der Waals surface area contributed by atoms with Gasteiger partial charge in [0, 0.05) is 23.7 Å². The zero-order chi connectivity index (χ0) is 23.1. The Labute approximate surface area is 191 Å². The van der Waals surface area contributed by atoms with Crippen LogP contribution in [0.3, 0.4) is 0 Å². The van der Waals surface area contributed by atoms with Crippen molar-refractivity contribution >= 4 is 40.1 Å². The van der Waals surface area contributed by atoms with Gasteiger partial charge in [0.2, 0.25) is 11.8 Å². The second-order valence-corrected chi connectivity index (χ2v) is 7.99. The first kappa shape index (κ1) is 20.8. The van der Waals surface area contributed by atoms with Crippen LogP contribution in [0.15, 0.2) is 65.8 Å². The maximum Gasteiger partial charge on any atom is 0.283 e. The Morgan fingerprint density at radius 1 is 1.12 bits per heavy atom. The first-order valence-electron chi connectivity index (χ1n) is 9.99. The van der Waals surface area contributed by atoms with Gasteiger partial charge in [-0.1, -0.05) is 17.7 Å². The molecule has 0 aliphatic carbocycles. The molecule has 1 aliphatic rings. The molecule has 0 spiro atoms. The number of anilines is 1. The Kier molecular flexibility index (Phi) is 5.14. The van der Waals surface area contributed by atoms with Crippen molar-refractivity contribution in [2.45, 2.75) is 6.42 Å². The van der Waals surface area contributed by atoms with E-state index in [2.05, 4.69) is 15.5 Å². The average molecular weight is 467 g/mol. The van der Waals surface area contributed by atoms with Crippen molar-refractivity contribution in [3.63, 3.8) is 0 Å². The molecular weight excluding hydrogens is 451 g/mol. The topological polar surface area (TPSA) is 102 Å². The summed E-state index contributed by atoms with van der Waals surface area (Å²) in [6, 6.07) is 12.4. The number of fused-ring (bicyclic) bond motifs is 1. The number of carbonyl (C=O) groups is 2. The molecule has 2 aromatic carbocycles. The van der Waals surface area contributed by atoms with Crippen molar-refractivity contribution in [2.24, 2.45) is 5.92 Å². The van der Waals surface area contributed by atoms with Gasteiger partial charge >= 0.3 is 0 Å². The minimum Gasteiger partial charge on any atom is -0.312 e. The van der Waals surface area contributed by atoms with E-state index in [-0.39, 0.29) is 24.3 Å². The number of halogens is 2. The second kappa shape index (κ2) is 8.14. The molecule has 3 heterocycles. The summed E-state index contributed by atoms with van der Waals surface area (Å²) >= 11 is 6.04. The number of rotatable bonds is 4. The van der Waals surface area contributed by atoms with E-state index in [1.165, 1.54) is 46.4 Å². The summed E-state index contributed by atoms with van der Waals surface area (Å²) < 4.78 is 15.6. The molecule has 4 aromatic rings. The van der Waals surface area contributed by atoms with Crippen LogP contribution in [0.4, 0.5) is 10.1 Å². The van der Waals surface area contributed by atoms with Crippen LogP contribution >= 0.6 is 11.6 Å². The van der Waals surface area contributed by atoms with Gasteiger partial charge < -0.3 is 4.90 Å². The number of nitrogens with zero attached hydrogens (tertiary/aromatic N) is 5. The maximum atomic E-state index is 13.2. The summed E-state index contributed by atoms with van der Waals surface area (Å²) in [6.45, 7) is 0.118. The summed E-state index contributed by atoms with van der Waals surface area (Å²) in [6.07, 6.45) is 2.53. The number of carbonyl (C=O) groups excluding carboxylic acids is 2. The fourth-order valence-corrected chi connectivity index (χ4v) is 3.94. The fraction of sp³-hybridized carbons (Fsp3) is 0.136. The van der Waals surface area contributed by atoms with Crippen molar-refractivity contribution in [1.29, 1.82) is 0 Å². The van der Waals surface area contributed by atoms with Crippen LogP contribution in [0, 0.1) is 11.7 Å². The maximum absolute atomic E-state index is 13.2. The third kappa shape index (κ3) is 3.85. The third-order valence-corrected chi connectivity index (χ3v) is 5.64. The van der Waals surface area contributed by atoms with Gasteiger partial charge in [-0.3, -0.25) is 19.8 Å². The summed E-state index contributed by atoms with van der Waals surface area (Å²) in [5.41, 5.74) is 3.45. The predicted molar refractivity (Wildman–Crippen MR) is 119 cm³/mol. The minimum atomic E-state index is -0.681. The van der Waals surface area contributed by atoms with Crippen molar-refractivity contribution in [3.8, 4) is 5.69 Å². The highest BCUT2D eigenvalue weighted by atomic mass is 35.5. The van der Waals surface area contributed by atoms with E-state index in [1.807, 2.05) is 0 Å². The monoisotopic (exact) mass is 466 g/mol. The molecule has 1 atom stereocenters. The van der Waals surface area contributed by atoms with Crippen LogP contribution in [-0.2, 0) is 9.59 Å². The predicted octanol–water partition coefficient (Wildman–Crippen LogP) is 2.50. The molecular formula is C22H16ClFN6O3. The van der Waals surface area contributed by atoms with Gasteiger partial charge in [-0.2, -0.15) is 5.10 Å². The quantitative estimate of drug-likeness (QED) is 0.498. The highest BCUT2D eigenvalue weighted by Crippen LogP contribution is 2.25. The van der Waals surface area contributed by atoms with E-state index >= 15 is 0 Å². The van der Waals surface area contributed by atoms with Gasteiger partial charge in [-0.15, -0.1) is 0 Å². The van der Waals surface area contributed by atoms with E-state index in [4.69, 9.17) is 11.6 Å². The smallest absolute Gasteiger partial charge is 0.283 e. The number of hydrogen-bond donors (Lipinski definition) is 1. The van der Waals surface area contributed by atoms with Crippen molar-refractivity contribution in [1.82, 2.24) is 19.4 Å². The molecule has 0 bridgehead atoms. The zero-order valence-corrected chi connectivity index (χ0v) is 17.7. The highest BCUT2D eigenvalue weighted by molar-refractivity contribution is 6.30. The summed E-state index contributed by atoms with van der Waals surface area (Å²) in [7, 11) is 0.